The molecule has 2 N–H and O–H groups in total. The minimum absolute atomic E-state index is 0.0139. The van der Waals surface area contributed by atoms with Crippen LogP contribution in [0.2, 0.25) is 0 Å². The maximum atomic E-state index is 12.2. The highest BCUT2D eigenvalue weighted by atomic mass is 32.2. The van der Waals surface area contributed by atoms with Crippen molar-refractivity contribution in [1.82, 2.24) is 9.97 Å². The van der Waals surface area contributed by atoms with Crippen LogP contribution in [0.5, 0.6) is 0 Å². The first-order valence-corrected chi connectivity index (χ1v) is 11.1. The van der Waals surface area contributed by atoms with Crippen LogP contribution in [-0.2, 0) is 24.7 Å². The van der Waals surface area contributed by atoms with E-state index >= 15 is 0 Å². The summed E-state index contributed by atoms with van der Waals surface area (Å²) in [4.78, 5) is 19.3. The van der Waals surface area contributed by atoms with Gasteiger partial charge < -0.3 is 5.32 Å². The SMILES string of the molecule is CS(=O)(=O)CCCC(=O)Nc1ccc(S(=O)(=O)Nc2ncccn2)cc1. The third-order valence-corrected chi connectivity index (χ3v) is 5.53. The van der Waals surface area contributed by atoms with Crippen molar-refractivity contribution in [2.75, 3.05) is 22.0 Å². The molecule has 1 aromatic carbocycles. The Hall–Kier alpha value is -2.53. The van der Waals surface area contributed by atoms with Gasteiger partial charge in [0.25, 0.3) is 10.0 Å². The zero-order chi connectivity index (χ0) is 19.2. The third kappa shape index (κ3) is 6.41. The summed E-state index contributed by atoms with van der Waals surface area (Å²) in [6.07, 6.45) is 4.21. The molecule has 2 rings (SSSR count). The van der Waals surface area contributed by atoms with Crippen molar-refractivity contribution in [2.45, 2.75) is 17.7 Å². The van der Waals surface area contributed by atoms with Crippen LogP contribution in [0.25, 0.3) is 0 Å². The van der Waals surface area contributed by atoms with Gasteiger partial charge in [0.2, 0.25) is 11.9 Å². The van der Waals surface area contributed by atoms with Gasteiger partial charge in [-0.1, -0.05) is 0 Å². The second-order valence-electron chi connectivity index (χ2n) is 5.48. The van der Waals surface area contributed by atoms with Crippen molar-refractivity contribution in [3.05, 3.63) is 42.7 Å². The number of benzene rings is 1. The smallest absolute Gasteiger partial charge is 0.264 e. The lowest BCUT2D eigenvalue weighted by Crippen LogP contribution is -2.15. The molecule has 0 spiro atoms. The number of carbonyl (C=O) groups excluding carboxylic acids is 1. The van der Waals surface area contributed by atoms with Gasteiger partial charge in [-0.25, -0.2) is 31.5 Å². The minimum Gasteiger partial charge on any atom is -0.326 e. The molecular weight excluding hydrogens is 380 g/mol. The lowest BCUT2D eigenvalue weighted by Gasteiger charge is -2.08. The fraction of sp³-hybridized carbons (Fsp3) is 0.267. The quantitative estimate of drug-likeness (QED) is 0.678. The topological polar surface area (TPSA) is 135 Å². The summed E-state index contributed by atoms with van der Waals surface area (Å²) in [6, 6.07) is 7.10. The molecule has 0 saturated carbocycles. The van der Waals surface area contributed by atoms with Gasteiger partial charge in [-0.2, -0.15) is 0 Å². The summed E-state index contributed by atoms with van der Waals surface area (Å²) >= 11 is 0. The minimum atomic E-state index is -3.84. The summed E-state index contributed by atoms with van der Waals surface area (Å²) in [5.74, 6) is -0.457. The third-order valence-electron chi connectivity index (χ3n) is 3.16. The van der Waals surface area contributed by atoms with E-state index < -0.39 is 19.9 Å². The first-order chi connectivity index (χ1) is 12.2. The number of nitrogens with one attached hydrogen (secondary N) is 2. The molecule has 0 aliphatic heterocycles. The van der Waals surface area contributed by atoms with Crippen LogP contribution in [0, 0.1) is 0 Å². The molecule has 1 aromatic heterocycles. The summed E-state index contributed by atoms with van der Waals surface area (Å²) < 4.78 is 48.8. The van der Waals surface area contributed by atoms with Gasteiger partial charge in [0.15, 0.2) is 0 Å². The van der Waals surface area contributed by atoms with Crippen molar-refractivity contribution >= 4 is 37.4 Å². The summed E-state index contributed by atoms with van der Waals surface area (Å²) in [5.41, 5.74) is 0.407. The zero-order valence-corrected chi connectivity index (χ0v) is 15.5. The van der Waals surface area contributed by atoms with Crippen molar-refractivity contribution in [2.24, 2.45) is 0 Å². The highest BCUT2D eigenvalue weighted by Gasteiger charge is 2.15. The van der Waals surface area contributed by atoms with Crippen LogP contribution >= 0.6 is 0 Å². The molecule has 1 heterocycles. The number of anilines is 2. The number of aromatic nitrogens is 2. The van der Waals surface area contributed by atoms with Crippen LogP contribution in [0.3, 0.4) is 0 Å². The van der Waals surface area contributed by atoms with E-state index in [0.717, 1.165) is 6.26 Å². The molecule has 140 valence electrons. The molecule has 0 aliphatic rings. The lowest BCUT2D eigenvalue weighted by atomic mass is 10.3. The molecule has 26 heavy (non-hydrogen) atoms. The summed E-state index contributed by atoms with van der Waals surface area (Å²) in [6.45, 7) is 0. The molecule has 0 unspecified atom stereocenters. The number of sulfonamides is 1. The molecule has 0 fully saturated rings. The summed E-state index contributed by atoms with van der Waals surface area (Å²) in [5, 5.41) is 2.58. The van der Waals surface area contributed by atoms with Crippen LogP contribution in [0.15, 0.2) is 47.6 Å². The van der Waals surface area contributed by atoms with Gasteiger partial charge in [0.05, 0.1) is 10.6 Å². The fourth-order valence-corrected chi connectivity index (χ4v) is 3.59. The maximum absolute atomic E-state index is 12.2. The Morgan fingerprint density at radius 3 is 2.23 bits per heavy atom. The fourth-order valence-electron chi connectivity index (χ4n) is 1.97. The van der Waals surface area contributed by atoms with Gasteiger partial charge in [0, 0.05) is 30.8 Å². The lowest BCUT2D eigenvalue weighted by molar-refractivity contribution is -0.116. The molecule has 0 atom stereocenters. The van der Waals surface area contributed by atoms with Crippen LogP contribution in [0.1, 0.15) is 12.8 Å². The Kier molecular flexibility index (Phi) is 6.27. The van der Waals surface area contributed by atoms with Crippen molar-refractivity contribution < 1.29 is 21.6 Å². The highest BCUT2D eigenvalue weighted by molar-refractivity contribution is 7.92. The molecule has 1 amide bonds. The Bertz CT molecular complexity index is 959. The van der Waals surface area contributed by atoms with Crippen molar-refractivity contribution in [3.8, 4) is 0 Å². The van der Waals surface area contributed by atoms with Gasteiger partial charge in [0.1, 0.15) is 9.84 Å². The molecule has 0 aliphatic carbocycles. The number of nitrogens with zero attached hydrogens (tertiary/aromatic N) is 2. The molecule has 11 heteroatoms. The van der Waals surface area contributed by atoms with Crippen molar-refractivity contribution in [1.29, 1.82) is 0 Å². The Morgan fingerprint density at radius 1 is 1.04 bits per heavy atom. The van der Waals surface area contributed by atoms with E-state index in [2.05, 4.69) is 20.0 Å². The molecule has 0 bridgehead atoms. The number of amides is 1. The van der Waals surface area contributed by atoms with Crippen LogP contribution in [-0.4, -0.2) is 44.7 Å². The normalized spacial score (nSPS) is 11.7. The number of sulfone groups is 1. The largest absolute Gasteiger partial charge is 0.326 e. The number of hydrogen-bond donors (Lipinski definition) is 2. The molecule has 2 aromatic rings. The molecule has 9 nitrogen and oxygen atoms in total. The first kappa shape index (κ1) is 19.8. The number of hydrogen-bond acceptors (Lipinski definition) is 7. The van der Waals surface area contributed by atoms with E-state index in [1.54, 1.807) is 6.07 Å². The average Bonchev–Trinajstić information content (AvgIpc) is 2.54. The zero-order valence-electron chi connectivity index (χ0n) is 13.9. The van der Waals surface area contributed by atoms with E-state index in [4.69, 9.17) is 0 Å². The Labute approximate surface area is 151 Å². The van der Waals surface area contributed by atoms with Crippen molar-refractivity contribution in [3.63, 3.8) is 0 Å². The monoisotopic (exact) mass is 398 g/mol. The van der Waals surface area contributed by atoms with E-state index in [1.165, 1.54) is 36.7 Å². The van der Waals surface area contributed by atoms with E-state index in [1.807, 2.05) is 0 Å². The number of carbonyl (C=O) groups is 1. The second-order valence-corrected chi connectivity index (χ2v) is 9.43. The first-order valence-electron chi connectivity index (χ1n) is 7.53. The van der Waals surface area contributed by atoms with Gasteiger partial charge in [-0.05, 0) is 36.8 Å². The van der Waals surface area contributed by atoms with Crippen LogP contribution in [0.4, 0.5) is 11.6 Å². The predicted octanol–water partition coefficient (Wildman–Crippen LogP) is 1.04. The van der Waals surface area contributed by atoms with Crippen LogP contribution < -0.4 is 10.0 Å². The maximum Gasteiger partial charge on any atom is 0.264 e. The van der Waals surface area contributed by atoms with E-state index in [9.17, 15) is 21.6 Å². The second kappa shape index (κ2) is 8.23. The van der Waals surface area contributed by atoms with Gasteiger partial charge in [-0.15, -0.1) is 0 Å². The molecule has 0 saturated heterocycles. The molecule has 0 radical (unpaired) electrons. The molecular formula is C15H18N4O5S2. The van der Waals surface area contributed by atoms with Gasteiger partial charge >= 0.3 is 0 Å². The Morgan fingerprint density at radius 2 is 1.65 bits per heavy atom. The Balaban J connectivity index is 1.96. The highest BCUT2D eigenvalue weighted by Crippen LogP contribution is 2.16. The predicted molar refractivity (Wildman–Crippen MR) is 96.9 cm³/mol. The number of rotatable bonds is 8. The van der Waals surface area contributed by atoms with E-state index in [-0.39, 0.29) is 35.3 Å². The average molecular weight is 398 g/mol. The standard InChI is InChI=1S/C15H18N4O5S2/c1-25(21,22)11-2-4-14(20)18-12-5-7-13(8-6-12)26(23,24)19-15-16-9-3-10-17-15/h3,5-10H,2,4,11H2,1H3,(H,18,20)(H,16,17,19). The van der Waals surface area contributed by atoms with E-state index in [0.29, 0.717) is 5.69 Å². The summed E-state index contributed by atoms with van der Waals surface area (Å²) in [7, 11) is -6.95. The van der Waals surface area contributed by atoms with Gasteiger partial charge in [-0.3, -0.25) is 4.79 Å².